The molecule has 1 rings (SSSR count). The van der Waals surface area contributed by atoms with Crippen LogP contribution in [0.3, 0.4) is 0 Å². The molecule has 0 saturated carbocycles. The summed E-state index contributed by atoms with van der Waals surface area (Å²) in [4.78, 5) is 10.7. The molecule has 3 heteroatoms. The van der Waals surface area contributed by atoms with Gasteiger partial charge in [0.05, 0.1) is 0 Å². The summed E-state index contributed by atoms with van der Waals surface area (Å²) >= 11 is 0. The maximum atomic E-state index is 10.7. The molecule has 1 aromatic carbocycles. The minimum absolute atomic E-state index is 0. The Morgan fingerprint density at radius 3 is 2.80 bits per heavy atom. The van der Waals surface area contributed by atoms with Crippen LogP contribution < -0.4 is 0 Å². The van der Waals surface area contributed by atoms with Gasteiger partial charge in [0.15, 0.2) is 0 Å². The van der Waals surface area contributed by atoms with Crippen molar-refractivity contribution in [1.82, 2.24) is 0 Å². The second kappa shape index (κ2) is 6.92. The topological polar surface area (TPSA) is 37.3 Å². The Balaban J connectivity index is 0.00000196. The molecule has 1 aromatic rings. The zero-order valence-electron chi connectivity index (χ0n) is 8.66. The number of carboxylic acids is 1. The second-order valence-corrected chi connectivity index (χ2v) is 3.05. The van der Waals surface area contributed by atoms with Crippen molar-refractivity contribution in [3.05, 3.63) is 47.9 Å². The Morgan fingerprint density at radius 1 is 1.67 bits per heavy atom. The Hall–Kier alpha value is -0.466. The maximum Gasteiger partial charge on any atom is 0.319 e. The van der Waals surface area contributed by atoms with E-state index in [0.717, 1.165) is 11.1 Å². The van der Waals surface area contributed by atoms with Crippen molar-refractivity contribution in [2.75, 3.05) is 0 Å². The van der Waals surface area contributed by atoms with E-state index in [-0.39, 0.29) is 39.1 Å². The summed E-state index contributed by atoms with van der Waals surface area (Å²) in [5.74, 6) is -0.921. The van der Waals surface area contributed by atoms with Gasteiger partial charge in [0.1, 0.15) is 0 Å². The van der Waals surface area contributed by atoms with E-state index >= 15 is 0 Å². The molecule has 1 N–H and O–H groups in total. The molecule has 0 aliphatic heterocycles. The van der Waals surface area contributed by atoms with Crippen LogP contribution in [-0.4, -0.2) is 11.1 Å². The standard InChI is InChI=1S/C12H12O2.Y/c1-3-11(12(13)14)8-10-6-4-5-9(2)7-10;/h4-5,7-8H,1,3H2,2H3,(H,13,14);/q-2;/b11-8+;. The van der Waals surface area contributed by atoms with Crippen molar-refractivity contribution in [2.24, 2.45) is 0 Å². The fourth-order valence-electron chi connectivity index (χ4n) is 1.12. The van der Waals surface area contributed by atoms with Crippen LogP contribution in [0.2, 0.25) is 0 Å². The molecule has 1 radical (unpaired) electrons. The van der Waals surface area contributed by atoms with E-state index in [1.165, 1.54) is 0 Å². The fraction of sp³-hybridized carbons (Fsp3) is 0.167. The van der Waals surface area contributed by atoms with Gasteiger partial charge in [-0.05, 0) is 5.57 Å². The number of benzene rings is 1. The number of hydrogen-bond acceptors (Lipinski definition) is 1. The third kappa shape index (κ3) is 4.72. The molecule has 0 unspecified atom stereocenters. The molecule has 77 valence electrons. The van der Waals surface area contributed by atoms with Crippen molar-refractivity contribution >= 4 is 12.0 Å². The fourth-order valence-corrected chi connectivity index (χ4v) is 1.12. The first-order valence-corrected chi connectivity index (χ1v) is 4.35. The molecule has 0 aliphatic rings. The van der Waals surface area contributed by atoms with E-state index in [9.17, 15) is 4.79 Å². The summed E-state index contributed by atoms with van der Waals surface area (Å²) in [6.07, 6.45) is 1.87. The van der Waals surface area contributed by atoms with Crippen LogP contribution >= 0.6 is 0 Å². The summed E-state index contributed by atoms with van der Waals surface area (Å²) in [5.41, 5.74) is 2.17. The molecule has 0 saturated heterocycles. The maximum absolute atomic E-state index is 10.7. The third-order valence-corrected chi connectivity index (χ3v) is 1.85. The summed E-state index contributed by atoms with van der Waals surface area (Å²) < 4.78 is 0. The minimum atomic E-state index is -0.921. The van der Waals surface area contributed by atoms with Crippen LogP contribution in [0.25, 0.3) is 6.08 Å². The van der Waals surface area contributed by atoms with Gasteiger partial charge in [0.25, 0.3) is 0 Å². The molecule has 0 fully saturated rings. The molecule has 0 spiro atoms. The van der Waals surface area contributed by atoms with E-state index in [2.05, 4.69) is 13.0 Å². The predicted octanol–water partition coefficient (Wildman–Crippen LogP) is 2.48. The summed E-state index contributed by atoms with van der Waals surface area (Å²) in [7, 11) is 0. The van der Waals surface area contributed by atoms with Crippen LogP contribution in [-0.2, 0) is 37.5 Å². The summed E-state index contributed by atoms with van der Waals surface area (Å²) in [6.45, 7) is 5.52. The van der Waals surface area contributed by atoms with Crippen LogP contribution in [0.4, 0.5) is 0 Å². The van der Waals surface area contributed by atoms with Crippen molar-refractivity contribution in [2.45, 2.75) is 13.3 Å². The average Bonchev–Trinajstić information content (AvgIpc) is 2.14. The van der Waals surface area contributed by atoms with Crippen LogP contribution in [0.5, 0.6) is 0 Å². The monoisotopic (exact) mass is 277 g/mol. The molecule has 0 amide bonds. The van der Waals surface area contributed by atoms with Crippen LogP contribution in [0.1, 0.15) is 17.5 Å². The van der Waals surface area contributed by atoms with Gasteiger partial charge in [-0.15, -0.1) is 41.5 Å². The molecule has 0 bridgehead atoms. The van der Waals surface area contributed by atoms with E-state index in [1.807, 2.05) is 19.1 Å². The Bertz CT molecular complexity index is 370. The number of carbonyl (C=O) groups is 1. The zero-order valence-corrected chi connectivity index (χ0v) is 11.5. The Kier molecular flexibility index (Phi) is 6.70. The number of hydrogen-bond donors (Lipinski definition) is 1. The number of aryl methyl sites for hydroxylation is 1. The van der Waals surface area contributed by atoms with E-state index in [1.54, 1.807) is 12.1 Å². The quantitative estimate of drug-likeness (QED) is 0.680. The van der Waals surface area contributed by atoms with Gasteiger partial charge >= 0.3 is 5.97 Å². The van der Waals surface area contributed by atoms with Gasteiger partial charge in [-0.3, -0.25) is 0 Å². The van der Waals surface area contributed by atoms with E-state index in [0.29, 0.717) is 5.57 Å². The van der Waals surface area contributed by atoms with Crippen molar-refractivity contribution in [3.63, 3.8) is 0 Å². The smallest absolute Gasteiger partial charge is 0.319 e. The largest absolute Gasteiger partial charge is 0.479 e. The summed E-state index contributed by atoms with van der Waals surface area (Å²) in [5, 5.41) is 8.78. The molecular weight excluding hydrogens is 265 g/mol. The molecular formula is C12H12O2Y-2. The third-order valence-electron chi connectivity index (χ3n) is 1.85. The van der Waals surface area contributed by atoms with Crippen LogP contribution in [0.15, 0.2) is 23.8 Å². The molecule has 0 aromatic heterocycles. The zero-order chi connectivity index (χ0) is 10.6. The number of aliphatic carboxylic acids is 1. The molecule has 0 atom stereocenters. The normalized spacial score (nSPS) is 10.7. The summed E-state index contributed by atoms with van der Waals surface area (Å²) in [6, 6.07) is 8.55. The molecule has 15 heavy (non-hydrogen) atoms. The minimum Gasteiger partial charge on any atom is -0.479 e. The van der Waals surface area contributed by atoms with E-state index < -0.39 is 5.97 Å². The molecule has 2 nitrogen and oxygen atoms in total. The first-order chi connectivity index (χ1) is 6.63. The number of carboxylic acid groups (broad SMARTS) is 1. The van der Waals surface area contributed by atoms with Gasteiger partial charge < -0.3 is 12.0 Å². The van der Waals surface area contributed by atoms with Gasteiger partial charge in [0, 0.05) is 32.7 Å². The SMILES string of the molecule is [CH2-]C/C(=C\c1[c-]ccc(C)c1)C(=O)O.[Y]. The van der Waals surface area contributed by atoms with Crippen molar-refractivity contribution in [3.8, 4) is 0 Å². The predicted molar refractivity (Wildman–Crippen MR) is 55.6 cm³/mol. The van der Waals surface area contributed by atoms with Crippen molar-refractivity contribution in [1.29, 1.82) is 0 Å². The molecule has 0 aliphatic carbocycles. The first kappa shape index (κ1) is 14.5. The first-order valence-electron chi connectivity index (χ1n) is 4.35. The average molecular weight is 277 g/mol. The van der Waals surface area contributed by atoms with Crippen LogP contribution in [0, 0.1) is 19.9 Å². The van der Waals surface area contributed by atoms with E-state index in [4.69, 9.17) is 5.11 Å². The van der Waals surface area contributed by atoms with Gasteiger partial charge in [-0.1, -0.05) is 6.92 Å². The van der Waals surface area contributed by atoms with Crippen molar-refractivity contribution < 1.29 is 42.6 Å². The van der Waals surface area contributed by atoms with Gasteiger partial charge in [-0.2, -0.15) is 6.42 Å². The number of rotatable bonds is 3. The second-order valence-electron chi connectivity index (χ2n) is 3.05. The van der Waals surface area contributed by atoms with Gasteiger partial charge in [0.2, 0.25) is 0 Å². The Labute approximate surface area is 115 Å². The Morgan fingerprint density at radius 2 is 2.33 bits per heavy atom. The molecule has 0 heterocycles. The van der Waals surface area contributed by atoms with Gasteiger partial charge in [-0.25, -0.2) is 4.79 Å².